The number of H-pyrrole nitrogens is 1. The standard InChI is InChI=1S/C23H35NO2/c1-2-3-4-5-6-7-10-16-21-19(14-9-8-11-18-23(25)26)20-15-12-13-17-22(20)24-21/h12-13,15,17,24H,2-11,14,16,18H2,1H3,(H,25,26). The van der Waals surface area contributed by atoms with Gasteiger partial charge in [-0.2, -0.15) is 0 Å². The zero-order valence-corrected chi connectivity index (χ0v) is 16.4. The predicted octanol–water partition coefficient (Wildman–Crippen LogP) is 6.65. The van der Waals surface area contributed by atoms with Gasteiger partial charge in [-0.3, -0.25) is 4.79 Å². The quantitative estimate of drug-likeness (QED) is 0.372. The van der Waals surface area contributed by atoms with Crippen LogP contribution in [0.4, 0.5) is 0 Å². The lowest BCUT2D eigenvalue weighted by molar-refractivity contribution is -0.137. The fourth-order valence-corrected chi connectivity index (χ4v) is 3.77. The fourth-order valence-electron chi connectivity index (χ4n) is 3.77. The molecule has 2 aromatic rings. The largest absolute Gasteiger partial charge is 0.481 e. The first kappa shape index (κ1) is 20.5. The Morgan fingerprint density at radius 3 is 2.31 bits per heavy atom. The van der Waals surface area contributed by atoms with Crippen LogP contribution in [0.25, 0.3) is 10.9 Å². The van der Waals surface area contributed by atoms with Gasteiger partial charge in [-0.25, -0.2) is 0 Å². The minimum Gasteiger partial charge on any atom is -0.481 e. The second kappa shape index (κ2) is 11.8. The van der Waals surface area contributed by atoms with Crippen molar-refractivity contribution in [2.24, 2.45) is 0 Å². The van der Waals surface area contributed by atoms with Crippen molar-refractivity contribution in [1.29, 1.82) is 0 Å². The number of carboxylic acids is 1. The van der Waals surface area contributed by atoms with Crippen LogP contribution in [0.2, 0.25) is 0 Å². The lowest BCUT2D eigenvalue weighted by Crippen LogP contribution is -1.96. The number of aliphatic carboxylic acids is 1. The average Bonchev–Trinajstić information content (AvgIpc) is 2.98. The summed E-state index contributed by atoms with van der Waals surface area (Å²) in [6.07, 6.45) is 14.7. The van der Waals surface area contributed by atoms with Gasteiger partial charge in [0.05, 0.1) is 0 Å². The molecule has 144 valence electrons. The lowest BCUT2D eigenvalue weighted by atomic mass is 10.00. The molecule has 1 aromatic carbocycles. The van der Waals surface area contributed by atoms with Crippen molar-refractivity contribution in [1.82, 2.24) is 4.98 Å². The monoisotopic (exact) mass is 357 g/mol. The Balaban J connectivity index is 1.85. The number of fused-ring (bicyclic) bond motifs is 1. The number of benzene rings is 1. The maximum atomic E-state index is 10.6. The van der Waals surface area contributed by atoms with Crippen LogP contribution in [0.5, 0.6) is 0 Å². The third-order valence-corrected chi connectivity index (χ3v) is 5.25. The Morgan fingerprint density at radius 1 is 0.885 bits per heavy atom. The molecule has 3 heteroatoms. The van der Waals surface area contributed by atoms with Crippen LogP contribution in [0.1, 0.15) is 88.8 Å². The van der Waals surface area contributed by atoms with E-state index in [9.17, 15) is 4.79 Å². The van der Waals surface area contributed by atoms with Gasteiger partial charge in [0.25, 0.3) is 0 Å². The summed E-state index contributed by atoms with van der Waals surface area (Å²) in [4.78, 5) is 14.3. The lowest BCUT2D eigenvalue weighted by Gasteiger charge is -2.06. The molecule has 0 aliphatic heterocycles. The van der Waals surface area contributed by atoms with E-state index < -0.39 is 5.97 Å². The zero-order chi connectivity index (χ0) is 18.6. The van der Waals surface area contributed by atoms with Crippen LogP contribution in [-0.4, -0.2) is 16.1 Å². The third-order valence-electron chi connectivity index (χ3n) is 5.25. The summed E-state index contributed by atoms with van der Waals surface area (Å²) in [5.41, 5.74) is 4.10. The number of carboxylic acid groups (broad SMARTS) is 1. The van der Waals surface area contributed by atoms with Crippen LogP contribution in [0, 0.1) is 0 Å². The Kier molecular flexibility index (Phi) is 9.30. The number of aryl methyl sites for hydroxylation is 2. The molecule has 3 nitrogen and oxygen atoms in total. The smallest absolute Gasteiger partial charge is 0.303 e. The van der Waals surface area contributed by atoms with E-state index in [1.54, 1.807) is 0 Å². The topological polar surface area (TPSA) is 53.1 Å². The normalized spacial score (nSPS) is 11.3. The molecule has 1 aromatic heterocycles. The molecule has 0 atom stereocenters. The number of carbonyl (C=O) groups is 1. The summed E-state index contributed by atoms with van der Waals surface area (Å²) in [5.74, 6) is -0.684. The molecule has 0 unspecified atom stereocenters. The Labute approximate surface area is 158 Å². The third kappa shape index (κ3) is 6.86. The summed E-state index contributed by atoms with van der Waals surface area (Å²) in [5, 5.41) is 10.1. The second-order valence-electron chi connectivity index (χ2n) is 7.45. The van der Waals surface area contributed by atoms with Crippen molar-refractivity contribution in [2.75, 3.05) is 0 Å². The number of aromatic nitrogens is 1. The number of nitrogens with one attached hydrogen (secondary N) is 1. The highest BCUT2D eigenvalue weighted by Gasteiger charge is 2.11. The molecule has 0 fully saturated rings. The second-order valence-corrected chi connectivity index (χ2v) is 7.45. The molecule has 0 saturated heterocycles. The molecule has 0 radical (unpaired) electrons. The van der Waals surface area contributed by atoms with Gasteiger partial charge < -0.3 is 10.1 Å². The zero-order valence-electron chi connectivity index (χ0n) is 16.4. The van der Waals surface area contributed by atoms with Gasteiger partial charge in [0.2, 0.25) is 0 Å². The number of unbranched alkanes of at least 4 members (excludes halogenated alkanes) is 8. The van der Waals surface area contributed by atoms with Crippen LogP contribution in [0.3, 0.4) is 0 Å². The highest BCUT2D eigenvalue weighted by atomic mass is 16.4. The first-order chi connectivity index (χ1) is 12.7. The van der Waals surface area contributed by atoms with E-state index in [1.807, 2.05) is 0 Å². The molecule has 2 N–H and O–H groups in total. The molecule has 0 bridgehead atoms. The number of rotatable bonds is 14. The number of hydrogen-bond acceptors (Lipinski definition) is 1. The molecule has 0 aliphatic carbocycles. The molecule has 0 saturated carbocycles. The minimum absolute atomic E-state index is 0.290. The van der Waals surface area contributed by atoms with E-state index in [0.717, 1.165) is 32.1 Å². The minimum atomic E-state index is -0.684. The van der Waals surface area contributed by atoms with Crippen molar-refractivity contribution < 1.29 is 9.90 Å². The van der Waals surface area contributed by atoms with Gasteiger partial charge >= 0.3 is 5.97 Å². The highest BCUT2D eigenvalue weighted by molar-refractivity contribution is 5.84. The van der Waals surface area contributed by atoms with E-state index in [4.69, 9.17) is 5.11 Å². The molecule has 2 rings (SSSR count). The van der Waals surface area contributed by atoms with Crippen molar-refractivity contribution in [3.63, 3.8) is 0 Å². The van der Waals surface area contributed by atoms with Crippen LogP contribution < -0.4 is 0 Å². The maximum absolute atomic E-state index is 10.6. The fraction of sp³-hybridized carbons (Fsp3) is 0.609. The Morgan fingerprint density at radius 2 is 1.54 bits per heavy atom. The molecular formula is C23H35NO2. The molecule has 26 heavy (non-hydrogen) atoms. The Bertz CT molecular complexity index is 659. The number of para-hydroxylation sites is 1. The summed E-state index contributed by atoms with van der Waals surface area (Å²) in [7, 11) is 0. The van der Waals surface area contributed by atoms with Crippen LogP contribution in [-0.2, 0) is 17.6 Å². The average molecular weight is 358 g/mol. The van der Waals surface area contributed by atoms with Gasteiger partial charge in [0, 0.05) is 23.0 Å². The summed E-state index contributed by atoms with van der Waals surface area (Å²) < 4.78 is 0. The van der Waals surface area contributed by atoms with Gasteiger partial charge in [-0.15, -0.1) is 0 Å². The molecule has 0 amide bonds. The molecule has 1 heterocycles. The predicted molar refractivity (Wildman–Crippen MR) is 110 cm³/mol. The van der Waals surface area contributed by atoms with Crippen LogP contribution in [0.15, 0.2) is 24.3 Å². The van der Waals surface area contributed by atoms with E-state index >= 15 is 0 Å². The first-order valence-corrected chi connectivity index (χ1v) is 10.5. The SMILES string of the molecule is CCCCCCCCCc1[nH]c2ccccc2c1CCCCCC(=O)O. The summed E-state index contributed by atoms with van der Waals surface area (Å²) in [6, 6.07) is 8.58. The Hall–Kier alpha value is -1.77. The van der Waals surface area contributed by atoms with E-state index in [2.05, 4.69) is 36.2 Å². The van der Waals surface area contributed by atoms with E-state index in [1.165, 1.54) is 67.1 Å². The van der Waals surface area contributed by atoms with E-state index in [-0.39, 0.29) is 0 Å². The van der Waals surface area contributed by atoms with Gasteiger partial charge in [0.15, 0.2) is 0 Å². The van der Waals surface area contributed by atoms with Crippen LogP contribution >= 0.6 is 0 Å². The first-order valence-electron chi connectivity index (χ1n) is 10.5. The maximum Gasteiger partial charge on any atom is 0.303 e. The van der Waals surface area contributed by atoms with Gasteiger partial charge in [-0.1, -0.05) is 70.1 Å². The molecule has 0 aliphatic rings. The summed E-state index contributed by atoms with van der Waals surface area (Å²) >= 11 is 0. The highest BCUT2D eigenvalue weighted by Crippen LogP contribution is 2.26. The van der Waals surface area contributed by atoms with Crippen molar-refractivity contribution in [3.8, 4) is 0 Å². The number of hydrogen-bond donors (Lipinski definition) is 2. The molecule has 0 spiro atoms. The molecular weight excluding hydrogens is 322 g/mol. The van der Waals surface area contributed by atoms with Crippen molar-refractivity contribution >= 4 is 16.9 Å². The van der Waals surface area contributed by atoms with Crippen molar-refractivity contribution in [2.45, 2.75) is 90.4 Å². The van der Waals surface area contributed by atoms with Gasteiger partial charge in [-0.05, 0) is 43.7 Å². The van der Waals surface area contributed by atoms with Gasteiger partial charge in [0.1, 0.15) is 0 Å². The summed E-state index contributed by atoms with van der Waals surface area (Å²) in [6.45, 7) is 2.26. The van der Waals surface area contributed by atoms with E-state index in [0.29, 0.717) is 6.42 Å². The van der Waals surface area contributed by atoms with Crippen molar-refractivity contribution in [3.05, 3.63) is 35.5 Å². The number of aromatic amines is 1.